The normalized spacial score (nSPS) is 11.3. The Hall–Kier alpha value is -4.54. The van der Waals surface area contributed by atoms with Crippen LogP contribution in [0.25, 0.3) is 22.5 Å². The third kappa shape index (κ3) is 5.03. The average molecular weight is 486 g/mol. The molecule has 4 aromatic rings. The summed E-state index contributed by atoms with van der Waals surface area (Å²) in [6.45, 7) is 0.0500. The van der Waals surface area contributed by atoms with Gasteiger partial charge in [0.1, 0.15) is 23.9 Å². The van der Waals surface area contributed by atoms with Crippen molar-refractivity contribution >= 4 is 5.69 Å². The van der Waals surface area contributed by atoms with E-state index in [2.05, 4.69) is 5.16 Å². The molecule has 0 saturated heterocycles. The molecule has 1 aromatic heterocycles. The van der Waals surface area contributed by atoms with E-state index in [1.54, 1.807) is 0 Å². The Bertz CT molecular complexity index is 1350. The fourth-order valence-electron chi connectivity index (χ4n) is 3.37. The number of alkyl halides is 3. The topological polar surface area (TPSA) is 108 Å². The number of phenols is 1. The smallest absolute Gasteiger partial charge is 0.437 e. The van der Waals surface area contributed by atoms with Crippen molar-refractivity contribution in [1.29, 1.82) is 0 Å². The molecule has 0 aliphatic carbocycles. The van der Waals surface area contributed by atoms with Crippen molar-refractivity contribution in [2.45, 2.75) is 12.8 Å². The molecule has 1 heterocycles. The average Bonchev–Trinajstić information content (AvgIpc) is 3.28. The van der Waals surface area contributed by atoms with Gasteiger partial charge in [0.05, 0.1) is 23.2 Å². The maximum absolute atomic E-state index is 13.6. The highest BCUT2D eigenvalue weighted by Gasteiger charge is 2.40. The van der Waals surface area contributed by atoms with Gasteiger partial charge in [-0.05, 0) is 47.5 Å². The van der Waals surface area contributed by atoms with Crippen molar-refractivity contribution in [3.63, 3.8) is 0 Å². The lowest BCUT2D eigenvalue weighted by molar-refractivity contribution is -0.384. The van der Waals surface area contributed by atoms with E-state index < -0.39 is 16.8 Å². The van der Waals surface area contributed by atoms with Crippen LogP contribution in [0.1, 0.15) is 11.3 Å². The second kappa shape index (κ2) is 9.37. The summed E-state index contributed by atoms with van der Waals surface area (Å²) in [4.78, 5) is 10.2. The second-order valence-corrected chi connectivity index (χ2v) is 7.35. The minimum Gasteiger partial charge on any atom is -0.507 e. The molecule has 35 heavy (non-hydrogen) atoms. The number of halogens is 3. The van der Waals surface area contributed by atoms with Crippen LogP contribution in [0.4, 0.5) is 18.9 Å². The fourth-order valence-corrected chi connectivity index (χ4v) is 3.37. The van der Waals surface area contributed by atoms with E-state index >= 15 is 0 Å². The lowest BCUT2D eigenvalue weighted by Gasteiger charge is -2.11. The van der Waals surface area contributed by atoms with E-state index in [0.29, 0.717) is 11.3 Å². The van der Waals surface area contributed by atoms with Crippen molar-refractivity contribution in [2.24, 2.45) is 0 Å². The Morgan fingerprint density at radius 2 is 1.69 bits per heavy atom. The lowest BCUT2D eigenvalue weighted by atomic mass is 9.98. The summed E-state index contributed by atoms with van der Waals surface area (Å²) in [5.74, 6) is 0.0385. The molecule has 4 rings (SSSR count). The summed E-state index contributed by atoms with van der Waals surface area (Å²) in [6.07, 6.45) is -4.79. The maximum Gasteiger partial charge on any atom is 0.437 e. The fraction of sp³-hybridized carbons (Fsp3) is 0.125. The summed E-state index contributed by atoms with van der Waals surface area (Å²) in [5.41, 5.74) is -0.806. The Labute approximate surface area is 196 Å². The van der Waals surface area contributed by atoms with Gasteiger partial charge in [-0.3, -0.25) is 10.1 Å². The third-order valence-corrected chi connectivity index (χ3v) is 5.11. The SMILES string of the molecule is COc1ccc(-c2c(C(F)(F)F)noc2-c2ccc(OCc3ccc([N+](=O)[O-])cc3)cc2O)cc1. The van der Waals surface area contributed by atoms with Gasteiger partial charge in [0, 0.05) is 18.2 Å². The summed E-state index contributed by atoms with van der Waals surface area (Å²) < 4.78 is 56.6. The van der Waals surface area contributed by atoms with Gasteiger partial charge in [0.15, 0.2) is 11.5 Å². The molecule has 0 spiro atoms. The number of aromatic hydroxyl groups is 1. The number of aromatic nitrogens is 1. The number of benzene rings is 3. The molecule has 3 aromatic carbocycles. The number of nitrogens with zero attached hydrogens (tertiary/aromatic N) is 2. The first-order valence-corrected chi connectivity index (χ1v) is 10.1. The van der Waals surface area contributed by atoms with Crippen LogP contribution in [0.2, 0.25) is 0 Å². The van der Waals surface area contributed by atoms with E-state index in [-0.39, 0.29) is 46.2 Å². The molecule has 0 saturated carbocycles. The van der Waals surface area contributed by atoms with Crippen LogP contribution in [-0.2, 0) is 12.8 Å². The monoisotopic (exact) mass is 486 g/mol. The summed E-state index contributed by atoms with van der Waals surface area (Å²) in [6, 6.07) is 15.6. The molecular weight excluding hydrogens is 469 g/mol. The second-order valence-electron chi connectivity index (χ2n) is 7.35. The van der Waals surface area contributed by atoms with Gasteiger partial charge in [-0.15, -0.1) is 0 Å². The molecule has 0 unspecified atom stereocenters. The number of nitro groups is 1. The predicted molar refractivity (Wildman–Crippen MR) is 118 cm³/mol. The molecule has 180 valence electrons. The molecule has 0 aliphatic rings. The van der Waals surface area contributed by atoms with Gasteiger partial charge in [-0.1, -0.05) is 17.3 Å². The standard InChI is InChI=1S/C24H17F3N2O6/c1-33-17-8-4-15(5-9-17)21-22(35-28-23(21)24(25,26)27)19-11-10-18(12-20(19)30)34-13-14-2-6-16(7-3-14)29(31)32/h2-12,30H,13H2,1H3. The summed E-state index contributed by atoms with van der Waals surface area (Å²) >= 11 is 0. The number of methoxy groups -OCH3 is 1. The molecule has 0 amide bonds. The van der Waals surface area contributed by atoms with E-state index in [0.717, 1.165) is 0 Å². The van der Waals surface area contributed by atoms with Crippen molar-refractivity contribution in [3.8, 4) is 39.7 Å². The van der Waals surface area contributed by atoms with Gasteiger partial charge in [-0.25, -0.2) is 0 Å². The number of phenolic OH excluding ortho intramolecular Hbond substituents is 1. The Morgan fingerprint density at radius 3 is 2.26 bits per heavy atom. The first-order valence-electron chi connectivity index (χ1n) is 10.1. The summed E-state index contributed by atoms with van der Waals surface area (Å²) in [5, 5.41) is 24.5. The maximum atomic E-state index is 13.6. The Kier molecular flexibility index (Phi) is 6.32. The molecule has 0 atom stereocenters. The first-order chi connectivity index (χ1) is 16.7. The van der Waals surface area contributed by atoms with E-state index in [1.807, 2.05) is 0 Å². The summed E-state index contributed by atoms with van der Waals surface area (Å²) in [7, 11) is 1.43. The zero-order chi connectivity index (χ0) is 25.2. The number of ether oxygens (including phenoxy) is 2. The predicted octanol–water partition coefficient (Wildman–Crippen LogP) is 6.23. The molecular formula is C24H17F3N2O6. The van der Waals surface area contributed by atoms with Gasteiger partial charge in [0.25, 0.3) is 5.69 Å². The number of non-ortho nitro benzene ring substituents is 1. The van der Waals surface area contributed by atoms with Gasteiger partial charge in [-0.2, -0.15) is 13.2 Å². The molecule has 8 nitrogen and oxygen atoms in total. The highest BCUT2D eigenvalue weighted by molar-refractivity contribution is 5.84. The highest BCUT2D eigenvalue weighted by Crippen LogP contribution is 2.45. The van der Waals surface area contributed by atoms with Crippen molar-refractivity contribution in [3.05, 3.63) is 88.1 Å². The van der Waals surface area contributed by atoms with Crippen LogP contribution in [0.15, 0.2) is 71.3 Å². The lowest BCUT2D eigenvalue weighted by Crippen LogP contribution is -2.07. The number of hydrogen-bond donors (Lipinski definition) is 1. The Balaban J connectivity index is 1.63. The number of nitro benzene ring substituents is 1. The van der Waals surface area contributed by atoms with Crippen molar-refractivity contribution in [2.75, 3.05) is 7.11 Å². The van der Waals surface area contributed by atoms with Crippen LogP contribution >= 0.6 is 0 Å². The zero-order valence-electron chi connectivity index (χ0n) is 18.1. The molecule has 0 radical (unpaired) electrons. The van der Waals surface area contributed by atoms with Gasteiger partial charge >= 0.3 is 6.18 Å². The van der Waals surface area contributed by atoms with Crippen LogP contribution in [0, 0.1) is 10.1 Å². The molecule has 1 N–H and O–H groups in total. The number of hydrogen-bond acceptors (Lipinski definition) is 7. The molecule has 11 heteroatoms. The largest absolute Gasteiger partial charge is 0.507 e. The zero-order valence-corrected chi connectivity index (χ0v) is 18.1. The van der Waals surface area contributed by atoms with E-state index in [4.69, 9.17) is 14.0 Å². The molecule has 0 aliphatic heterocycles. The minimum absolute atomic E-state index is 0.0125. The van der Waals surface area contributed by atoms with Gasteiger partial charge < -0.3 is 19.1 Å². The first kappa shape index (κ1) is 23.6. The van der Waals surface area contributed by atoms with Crippen LogP contribution in [-0.4, -0.2) is 22.3 Å². The quantitative estimate of drug-likeness (QED) is 0.244. The number of rotatable bonds is 7. The third-order valence-electron chi connectivity index (χ3n) is 5.11. The van der Waals surface area contributed by atoms with Crippen molar-refractivity contribution < 1.29 is 37.2 Å². The molecule has 0 bridgehead atoms. The van der Waals surface area contributed by atoms with Crippen LogP contribution in [0.3, 0.4) is 0 Å². The molecule has 0 fully saturated rings. The minimum atomic E-state index is -4.79. The Morgan fingerprint density at radius 1 is 1.03 bits per heavy atom. The van der Waals surface area contributed by atoms with Crippen LogP contribution < -0.4 is 9.47 Å². The highest BCUT2D eigenvalue weighted by atomic mass is 19.4. The van der Waals surface area contributed by atoms with E-state index in [9.17, 15) is 28.4 Å². The van der Waals surface area contributed by atoms with Crippen LogP contribution in [0.5, 0.6) is 17.2 Å². The van der Waals surface area contributed by atoms with Gasteiger partial charge in [0.2, 0.25) is 0 Å². The van der Waals surface area contributed by atoms with E-state index in [1.165, 1.54) is 73.8 Å². The van der Waals surface area contributed by atoms with Crippen molar-refractivity contribution in [1.82, 2.24) is 5.16 Å².